The topological polar surface area (TPSA) is 87.6 Å². The first-order valence-electron chi connectivity index (χ1n) is 9.19. The number of hydrogen-bond donors (Lipinski definition) is 3. The fraction of sp³-hybridized carbons (Fsp3) is 0.389. The molecule has 3 heterocycles. The van der Waals surface area contributed by atoms with Crippen LogP contribution in [-0.2, 0) is 12.7 Å². The van der Waals surface area contributed by atoms with Crippen LogP contribution in [0.2, 0.25) is 10.0 Å². The molecule has 30 heavy (non-hydrogen) atoms. The van der Waals surface area contributed by atoms with Gasteiger partial charge in [0.25, 0.3) is 0 Å². The maximum absolute atomic E-state index is 13.6. The van der Waals surface area contributed by atoms with Crippen molar-refractivity contribution in [3.05, 3.63) is 50.0 Å². The summed E-state index contributed by atoms with van der Waals surface area (Å²) in [6, 6.07) is 4.80. The lowest BCUT2D eigenvalue weighted by atomic mass is 10.1. The smallest absolute Gasteiger partial charge is 0.354 e. The number of benzene rings is 1. The van der Waals surface area contributed by atoms with Crippen molar-refractivity contribution in [2.75, 3.05) is 25.0 Å². The Labute approximate surface area is 178 Å². The average Bonchev–Trinajstić information content (AvgIpc) is 3.29. The fourth-order valence-corrected chi connectivity index (χ4v) is 3.94. The number of nitrogens with one attached hydrogen (secondary N) is 3. The molecule has 3 N–H and O–H groups in total. The summed E-state index contributed by atoms with van der Waals surface area (Å²) < 4.78 is 42.0. The van der Waals surface area contributed by atoms with Crippen LogP contribution in [0.1, 0.15) is 17.7 Å². The van der Waals surface area contributed by atoms with Gasteiger partial charge in [0.1, 0.15) is 5.52 Å². The summed E-state index contributed by atoms with van der Waals surface area (Å²) >= 11 is 12.3. The molecule has 0 unspecified atom stereocenters. The summed E-state index contributed by atoms with van der Waals surface area (Å²) in [7, 11) is 0. The number of aromatic nitrogens is 4. The fourth-order valence-electron chi connectivity index (χ4n) is 3.43. The van der Waals surface area contributed by atoms with Crippen LogP contribution in [0.15, 0.2) is 23.0 Å². The van der Waals surface area contributed by atoms with Crippen molar-refractivity contribution in [1.82, 2.24) is 24.8 Å². The minimum absolute atomic E-state index is 0.141. The second-order valence-corrected chi connectivity index (χ2v) is 7.86. The normalized spacial score (nSPS) is 17.0. The molecule has 160 valence electrons. The third-order valence-corrected chi connectivity index (χ3v) is 5.69. The minimum atomic E-state index is -4.77. The minimum Gasteiger partial charge on any atom is -0.354 e. The second kappa shape index (κ2) is 8.09. The highest BCUT2D eigenvalue weighted by Gasteiger charge is 2.37. The van der Waals surface area contributed by atoms with E-state index in [-0.39, 0.29) is 24.1 Å². The third-order valence-electron chi connectivity index (χ3n) is 4.98. The van der Waals surface area contributed by atoms with Crippen molar-refractivity contribution in [2.45, 2.75) is 19.1 Å². The molecule has 1 saturated heterocycles. The van der Waals surface area contributed by atoms with E-state index in [1.165, 1.54) is 0 Å². The van der Waals surface area contributed by atoms with E-state index in [0.717, 1.165) is 24.1 Å². The van der Waals surface area contributed by atoms with Gasteiger partial charge in [-0.25, -0.2) is 9.78 Å². The van der Waals surface area contributed by atoms with Crippen molar-refractivity contribution in [3.63, 3.8) is 0 Å². The Balaban J connectivity index is 1.79. The molecule has 0 saturated carbocycles. The van der Waals surface area contributed by atoms with Gasteiger partial charge in [-0.1, -0.05) is 29.3 Å². The molecule has 1 atom stereocenters. The van der Waals surface area contributed by atoms with E-state index < -0.39 is 23.1 Å². The molecule has 0 radical (unpaired) electrons. The van der Waals surface area contributed by atoms with Crippen LogP contribution in [0.4, 0.5) is 19.1 Å². The van der Waals surface area contributed by atoms with Gasteiger partial charge in [0, 0.05) is 22.2 Å². The van der Waals surface area contributed by atoms with Crippen LogP contribution in [0.5, 0.6) is 0 Å². The molecule has 7 nitrogen and oxygen atoms in total. The highest BCUT2D eigenvalue weighted by atomic mass is 35.5. The molecule has 1 aliphatic rings. The lowest BCUT2D eigenvalue weighted by Crippen LogP contribution is -2.20. The van der Waals surface area contributed by atoms with E-state index in [1.807, 2.05) is 0 Å². The maximum Gasteiger partial charge on any atom is 0.435 e. The number of fused-ring (bicyclic) bond motifs is 1. The third kappa shape index (κ3) is 4.12. The van der Waals surface area contributed by atoms with E-state index in [1.54, 1.807) is 18.2 Å². The number of H-pyrrole nitrogens is 1. The molecule has 0 aliphatic carbocycles. The molecule has 3 aromatic rings. The number of anilines is 1. The zero-order valence-electron chi connectivity index (χ0n) is 15.5. The standard InChI is InChI=1S/C18H17Cl2F3N6O/c19-11-2-1-3-12(20)10(11)8-29-15-13(26-17(29)30)14(18(21,22)23)27-16(28-15)25-7-9-4-5-24-6-9/h1-3,9,24H,4-8H2,(H,26,30)(H,25,27,28)/t9-/m1/s1. The van der Waals surface area contributed by atoms with Crippen molar-refractivity contribution >= 4 is 40.3 Å². The lowest BCUT2D eigenvalue weighted by Gasteiger charge is -2.13. The number of aromatic amines is 1. The number of hydrogen-bond acceptors (Lipinski definition) is 5. The molecular formula is C18H17Cl2F3N6O. The van der Waals surface area contributed by atoms with Gasteiger partial charge in [0.2, 0.25) is 5.95 Å². The molecule has 12 heteroatoms. The molecule has 1 fully saturated rings. The monoisotopic (exact) mass is 460 g/mol. The van der Waals surface area contributed by atoms with Gasteiger partial charge in [-0.3, -0.25) is 4.57 Å². The largest absolute Gasteiger partial charge is 0.435 e. The van der Waals surface area contributed by atoms with Gasteiger partial charge in [0.15, 0.2) is 11.3 Å². The van der Waals surface area contributed by atoms with Gasteiger partial charge in [-0.05, 0) is 37.6 Å². The first-order chi connectivity index (χ1) is 14.2. The number of alkyl halides is 3. The van der Waals surface area contributed by atoms with Crippen LogP contribution in [0, 0.1) is 5.92 Å². The van der Waals surface area contributed by atoms with Crippen LogP contribution < -0.4 is 16.3 Å². The van der Waals surface area contributed by atoms with E-state index in [9.17, 15) is 18.0 Å². The van der Waals surface area contributed by atoms with Gasteiger partial charge < -0.3 is 15.6 Å². The highest BCUT2D eigenvalue weighted by molar-refractivity contribution is 6.36. The van der Waals surface area contributed by atoms with E-state index >= 15 is 0 Å². The number of rotatable bonds is 5. The Morgan fingerprint density at radius 2 is 1.97 bits per heavy atom. The molecule has 1 aliphatic heterocycles. The SMILES string of the molecule is O=c1[nH]c2c(C(F)(F)F)nc(NC[C@@H]3CCNC3)nc2n1Cc1c(Cl)cccc1Cl. The van der Waals surface area contributed by atoms with Crippen LogP contribution >= 0.6 is 23.2 Å². The summed E-state index contributed by atoms with van der Waals surface area (Å²) in [6.45, 7) is 1.90. The summed E-state index contributed by atoms with van der Waals surface area (Å²) in [5, 5.41) is 6.64. The Morgan fingerprint density at radius 1 is 1.23 bits per heavy atom. The van der Waals surface area contributed by atoms with Gasteiger partial charge in [0.05, 0.1) is 6.54 Å². The molecule has 0 spiro atoms. The van der Waals surface area contributed by atoms with Gasteiger partial charge in [-0.2, -0.15) is 18.2 Å². The summed E-state index contributed by atoms with van der Waals surface area (Å²) in [4.78, 5) is 22.5. The summed E-state index contributed by atoms with van der Waals surface area (Å²) in [5.41, 5.74) is -2.23. The Bertz CT molecular complexity index is 1120. The van der Waals surface area contributed by atoms with Crippen LogP contribution in [0.3, 0.4) is 0 Å². The van der Waals surface area contributed by atoms with E-state index in [2.05, 4.69) is 25.6 Å². The van der Waals surface area contributed by atoms with E-state index in [4.69, 9.17) is 23.2 Å². The number of imidazole rings is 1. The predicted molar refractivity (Wildman–Crippen MR) is 108 cm³/mol. The average molecular weight is 461 g/mol. The van der Waals surface area contributed by atoms with E-state index in [0.29, 0.717) is 22.2 Å². The number of nitrogens with zero attached hydrogens (tertiary/aromatic N) is 3. The van der Waals surface area contributed by atoms with Crippen LogP contribution in [-0.4, -0.2) is 39.2 Å². The molecule has 2 aromatic heterocycles. The molecular weight excluding hydrogens is 444 g/mol. The molecule has 0 bridgehead atoms. The zero-order valence-corrected chi connectivity index (χ0v) is 17.0. The van der Waals surface area contributed by atoms with Gasteiger partial charge in [-0.15, -0.1) is 0 Å². The Morgan fingerprint density at radius 3 is 2.60 bits per heavy atom. The Hall–Kier alpha value is -2.30. The Kier molecular flexibility index (Phi) is 5.65. The second-order valence-electron chi connectivity index (χ2n) is 7.05. The quantitative estimate of drug-likeness (QED) is 0.542. The van der Waals surface area contributed by atoms with Crippen molar-refractivity contribution in [2.24, 2.45) is 5.92 Å². The first kappa shape index (κ1) is 21.0. The molecule has 4 rings (SSSR count). The van der Waals surface area contributed by atoms with Crippen molar-refractivity contribution in [3.8, 4) is 0 Å². The lowest BCUT2D eigenvalue weighted by molar-refractivity contribution is -0.139. The highest BCUT2D eigenvalue weighted by Crippen LogP contribution is 2.33. The zero-order chi connectivity index (χ0) is 21.5. The number of halogens is 5. The van der Waals surface area contributed by atoms with Crippen molar-refractivity contribution in [1.29, 1.82) is 0 Å². The predicted octanol–water partition coefficient (Wildman–Crippen LogP) is 3.51. The van der Waals surface area contributed by atoms with Crippen molar-refractivity contribution < 1.29 is 13.2 Å². The molecule has 0 amide bonds. The first-order valence-corrected chi connectivity index (χ1v) is 9.95. The van der Waals surface area contributed by atoms with Crippen LogP contribution in [0.25, 0.3) is 11.2 Å². The summed E-state index contributed by atoms with van der Waals surface area (Å²) in [6.07, 6.45) is -3.87. The van der Waals surface area contributed by atoms with Gasteiger partial charge >= 0.3 is 11.9 Å². The maximum atomic E-state index is 13.6. The molecule has 1 aromatic carbocycles. The summed E-state index contributed by atoms with van der Waals surface area (Å²) in [5.74, 6) is 0.0636.